The molecule has 1 aromatic carbocycles. The number of hydrogen-bond donors (Lipinski definition) is 2. The average Bonchev–Trinajstić information content (AvgIpc) is 2.69. The standard InChI is InChI=1S/C13H18BrNOS/c1-10-2-3-11(12(14)6-10)7-15-8-13(16)4-5-17-9-13/h2-3,6,15-16H,4-5,7-9H2,1H3/t13-/m0/s1. The zero-order valence-corrected chi connectivity index (χ0v) is 12.4. The molecule has 1 atom stereocenters. The van der Waals surface area contributed by atoms with E-state index in [1.165, 1.54) is 11.1 Å². The first-order valence-corrected chi connectivity index (χ1v) is 7.80. The van der Waals surface area contributed by atoms with Crippen molar-refractivity contribution < 1.29 is 5.11 Å². The van der Waals surface area contributed by atoms with Crippen LogP contribution in [0.15, 0.2) is 22.7 Å². The van der Waals surface area contributed by atoms with Gasteiger partial charge in [-0.05, 0) is 36.3 Å². The summed E-state index contributed by atoms with van der Waals surface area (Å²) in [5, 5.41) is 13.5. The number of hydrogen-bond acceptors (Lipinski definition) is 3. The van der Waals surface area contributed by atoms with Gasteiger partial charge in [-0.2, -0.15) is 11.8 Å². The third-order valence-electron chi connectivity index (χ3n) is 3.06. The minimum atomic E-state index is -0.498. The molecule has 0 unspecified atom stereocenters. The summed E-state index contributed by atoms with van der Waals surface area (Å²) in [6, 6.07) is 6.36. The van der Waals surface area contributed by atoms with Crippen LogP contribution in [0.2, 0.25) is 0 Å². The molecule has 1 heterocycles. The maximum atomic E-state index is 10.2. The Balaban J connectivity index is 1.85. The van der Waals surface area contributed by atoms with Crippen LogP contribution in [0.1, 0.15) is 17.5 Å². The molecule has 0 saturated carbocycles. The van der Waals surface area contributed by atoms with E-state index in [1.54, 1.807) is 0 Å². The van der Waals surface area contributed by atoms with Gasteiger partial charge in [-0.25, -0.2) is 0 Å². The van der Waals surface area contributed by atoms with Crippen molar-refractivity contribution in [2.24, 2.45) is 0 Å². The Kier molecular flexibility index (Phi) is 4.53. The summed E-state index contributed by atoms with van der Waals surface area (Å²) < 4.78 is 1.14. The van der Waals surface area contributed by atoms with E-state index in [0.717, 1.165) is 28.9 Å². The lowest BCUT2D eigenvalue weighted by Gasteiger charge is -2.21. The fourth-order valence-corrected chi connectivity index (χ4v) is 3.89. The molecule has 17 heavy (non-hydrogen) atoms. The van der Waals surface area contributed by atoms with Crippen molar-refractivity contribution in [3.05, 3.63) is 33.8 Å². The molecule has 0 spiro atoms. The van der Waals surface area contributed by atoms with Gasteiger partial charge in [0, 0.05) is 23.3 Å². The number of halogens is 1. The van der Waals surface area contributed by atoms with E-state index in [0.29, 0.717) is 6.54 Å². The Morgan fingerprint density at radius 3 is 3.00 bits per heavy atom. The monoisotopic (exact) mass is 315 g/mol. The van der Waals surface area contributed by atoms with Crippen molar-refractivity contribution in [2.75, 3.05) is 18.1 Å². The van der Waals surface area contributed by atoms with Crippen LogP contribution in [0.3, 0.4) is 0 Å². The SMILES string of the molecule is Cc1ccc(CNC[C@@]2(O)CCSC2)c(Br)c1. The van der Waals surface area contributed by atoms with Crippen molar-refractivity contribution in [3.63, 3.8) is 0 Å². The van der Waals surface area contributed by atoms with Gasteiger partial charge in [-0.1, -0.05) is 28.1 Å². The van der Waals surface area contributed by atoms with Crippen LogP contribution in [-0.4, -0.2) is 28.8 Å². The molecule has 1 aromatic rings. The molecule has 1 aliphatic rings. The van der Waals surface area contributed by atoms with Gasteiger partial charge in [-0.15, -0.1) is 0 Å². The van der Waals surface area contributed by atoms with E-state index in [2.05, 4.69) is 46.4 Å². The van der Waals surface area contributed by atoms with Crippen molar-refractivity contribution in [2.45, 2.75) is 25.5 Å². The lowest BCUT2D eigenvalue weighted by molar-refractivity contribution is 0.0674. The Morgan fingerprint density at radius 1 is 1.53 bits per heavy atom. The largest absolute Gasteiger partial charge is 0.388 e. The highest BCUT2D eigenvalue weighted by Crippen LogP contribution is 2.27. The molecule has 1 fully saturated rings. The summed E-state index contributed by atoms with van der Waals surface area (Å²) >= 11 is 5.40. The Morgan fingerprint density at radius 2 is 2.35 bits per heavy atom. The van der Waals surface area contributed by atoms with E-state index in [9.17, 15) is 5.11 Å². The lowest BCUT2D eigenvalue weighted by atomic mass is 10.0. The summed E-state index contributed by atoms with van der Waals surface area (Å²) in [5.41, 5.74) is 2.00. The molecule has 1 saturated heterocycles. The molecule has 2 rings (SSSR count). The predicted molar refractivity (Wildman–Crippen MR) is 77.5 cm³/mol. The normalized spacial score (nSPS) is 24.2. The molecule has 0 aromatic heterocycles. The summed E-state index contributed by atoms with van der Waals surface area (Å²) in [7, 11) is 0. The second-order valence-electron chi connectivity index (χ2n) is 4.73. The first-order valence-electron chi connectivity index (χ1n) is 5.85. The molecular formula is C13H18BrNOS. The van der Waals surface area contributed by atoms with E-state index in [4.69, 9.17) is 0 Å². The summed E-state index contributed by atoms with van der Waals surface area (Å²) in [6.07, 6.45) is 0.903. The Hall–Kier alpha value is -0.0300. The molecule has 0 bridgehead atoms. The minimum absolute atomic E-state index is 0.498. The highest BCUT2D eigenvalue weighted by molar-refractivity contribution is 9.10. The number of rotatable bonds is 4. The second kappa shape index (κ2) is 5.74. The fourth-order valence-electron chi connectivity index (χ4n) is 1.96. The zero-order chi connectivity index (χ0) is 12.3. The van der Waals surface area contributed by atoms with Crippen LogP contribution in [0, 0.1) is 6.92 Å². The third kappa shape index (κ3) is 3.71. The van der Waals surface area contributed by atoms with Crippen molar-refractivity contribution in [3.8, 4) is 0 Å². The number of aliphatic hydroxyl groups is 1. The highest BCUT2D eigenvalue weighted by atomic mass is 79.9. The van der Waals surface area contributed by atoms with Gasteiger partial charge in [0.2, 0.25) is 0 Å². The van der Waals surface area contributed by atoms with E-state index >= 15 is 0 Å². The Labute approximate surface area is 115 Å². The van der Waals surface area contributed by atoms with E-state index in [-0.39, 0.29) is 0 Å². The number of thioether (sulfide) groups is 1. The van der Waals surface area contributed by atoms with Crippen molar-refractivity contribution >= 4 is 27.7 Å². The quantitative estimate of drug-likeness (QED) is 0.896. The molecule has 94 valence electrons. The van der Waals surface area contributed by atoms with Gasteiger partial charge in [0.05, 0.1) is 5.60 Å². The van der Waals surface area contributed by atoms with Gasteiger partial charge in [0.15, 0.2) is 0 Å². The molecule has 0 radical (unpaired) electrons. The van der Waals surface area contributed by atoms with Crippen LogP contribution < -0.4 is 5.32 Å². The molecular weight excluding hydrogens is 298 g/mol. The predicted octanol–water partition coefficient (Wildman–Crippen LogP) is 2.72. The zero-order valence-electron chi connectivity index (χ0n) is 10.0. The molecule has 0 aliphatic carbocycles. The maximum Gasteiger partial charge on any atom is 0.0869 e. The van der Waals surface area contributed by atoms with Gasteiger partial charge >= 0.3 is 0 Å². The molecule has 0 amide bonds. The summed E-state index contributed by atoms with van der Waals surface area (Å²) in [4.78, 5) is 0. The first kappa shape index (κ1) is 13.4. The molecule has 2 nitrogen and oxygen atoms in total. The number of benzene rings is 1. The van der Waals surface area contributed by atoms with Crippen LogP contribution in [0.25, 0.3) is 0 Å². The van der Waals surface area contributed by atoms with Crippen LogP contribution in [0.5, 0.6) is 0 Å². The molecule has 4 heteroatoms. The number of nitrogens with one attached hydrogen (secondary N) is 1. The van der Waals surface area contributed by atoms with E-state index in [1.807, 2.05) is 11.8 Å². The average molecular weight is 316 g/mol. The summed E-state index contributed by atoms with van der Waals surface area (Å²) in [5.74, 6) is 1.93. The third-order valence-corrected chi connectivity index (χ3v) is 5.03. The molecule has 1 aliphatic heterocycles. The Bertz CT molecular complexity index is 391. The fraction of sp³-hybridized carbons (Fsp3) is 0.538. The molecule has 2 N–H and O–H groups in total. The highest BCUT2D eigenvalue weighted by Gasteiger charge is 2.30. The smallest absolute Gasteiger partial charge is 0.0869 e. The van der Waals surface area contributed by atoms with Gasteiger partial charge < -0.3 is 10.4 Å². The van der Waals surface area contributed by atoms with E-state index < -0.39 is 5.60 Å². The maximum absolute atomic E-state index is 10.2. The van der Waals surface area contributed by atoms with Gasteiger partial charge in [-0.3, -0.25) is 0 Å². The second-order valence-corrected chi connectivity index (χ2v) is 6.68. The van der Waals surface area contributed by atoms with Crippen molar-refractivity contribution in [1.82, 2.24) is 5.32 Å². The first-order chi connectivity index (χ1) is 8.09. The van der Waals surface area contributed by atoms with Crippen molar-refractivity contribution in [1.29, 1.82) is 0 Å². The minimum Gasteiger partial charge on any atom is -0.388 e. The summed E-state index contributed by atoms with van der Waals surface area (Å²) in [6.45, 7) is 3.56. The topological polar surface area (TPSA) is 32.3 Å². The van der Waals surface area contributed by atoms with Gasteiger partial charge in [0.1, 0.15) is 0 Å². The van der Waals surface area contributed by atoms with Crippen LogP contribution in [0.4, 0.5) is 0 Å². The lowest BCUT2D eigenvalue weighted by Crippen LogP contribution is -2.40. The van der Waals surface area contributed by atoms with Crippen LogP contribution >= 0.6 is 27.7 Å². The van der Waals surface area contributed by atoms with Gasteiger partial charge in [0.25, 0.3) is 0 Å². The number of aryl methyl sites for hydroxylation is 1. The van der Waals surface area contributed by atoms with Crippen LogP contribution in [-0.2, 0) is 6.54 Å².